The summed E-state index contributed by atoms with van der Waals surface area (Å²) in [6, 6.07) is 6.92. The number of hydrogen-bond donors (Lipinski definition) is 1. The van der Waals surface area contributed by atoms with Gasteiger partial charge in [-0.25, -0.2) is 27.0 Å². The number of thiophene rings is 1. The molecule has 3 rings (SSSR count). The fourth-order valence-electron chi connectivity index (χ4n) is 2.48. The highest BCUT2D eigenvalue weighted by molar-refractivity contribution is 7.89. The Hall–Kier alpha value is -2.50. The molecule has 2 heterocycles. The minimum Gasteiger partial charge on any atom is -0.495 e. The first-order chi connectivity index (χ1) is 12.8. The predicted octanol–water partition coefficient (Wildman–Crippen LogP) is 1.44. The number of benzene rings is 1. The fraction of sp³-hybridized carbons (Fsp3) is 0.250. The lowest BCUT2D eigenvalue weighted by Gasteiger charge is -2.10. The molecule has 144 valence electrons. The van der Waals surface area contributed by atoms with E-state index in [1.54, 1.807) is 7.05 Å². The number of nitrogens with zero attached hydrogens (tertiary/aromatic N) is 3. The van der Waals surface area contributed by atoms with Crippen molar-refractivity contribution in [2.75, 3.05) is 13.7 Å². The van der Waals surface area contributed by atoms with Crippen LogP contribution in [0.5, 0.6) is 5.75 Å². The first kappa shape index (κ1) is 19.3. The molecule has 0 unspecified atom stereocenters. The first-order valence-corrected chi connectivity index (χ1v) is 10.2. The smallest absolute Gasteiger partial charge is 0.345 e. The molecule has 0 radical (unpaired) electrons. The molecule has 0 amide bonds. The number of ether oxygens (including phenoxy) is 1. The monoisotopic (exact) mass is 412 g/mol. The summed E-state index contributed by atoms with van der Waals surface area (Å²) >= 11 is 1.45. The van der Waals surface area contributed by atoms with E-state index in [9.17, 15) is 17.6 Å². The summed E-state index contributed by atoms with van der Waals surface area (Å²) in [6.45, 7) is -0.0717. The first-order valence-electron chi connectivity index (χ1n) is 7.84. The summed E-state index contributed by atoms with van der Waals surface area (Å²) < 4.78 is 48.2. The Morgan fingerprint density at radius 1 is 1.33 bits per heavy atom. The third-order valence-electron chi connectivity index (χ3n) is 3.81. The maximum atomic E-state index is 13.4. The topological polar surface area (TPSA) is 95.2 Å². The van der Waals surface area contributed by atoms with Crippen LogP contribution in [0, 0.1) is 5.82 Å². The van der Waals surface area contributed by atoms with Crippen LogP contribution < -0.4 is 15.1 Å². The number of sulfonamides is 1. The summed E-state index contributed by atoms with van der Waals surface area (Å²) in [7, 11) is -1.12. The van der Waals surface area contributed by atoms with Crippen molar-refractivity contribution in [3.8, 4) is 16.5 Å². The number of methoxy groups -OCH3 is 1. The van der Waals surface area contributed by atoms with E-state index < -0.39 is 15.8 Å². The molecule has 0 aliphatic heterocycles. The van der Waals surface area contributed by atoms with E-state index in [-0.39, 0.29) is 29.4 Å². The van der Waals surface area contributed by atoms with E-state index in [2.05, 4.69) is 9.82 Å². The average molecular weight is 412 g/mol. The molecule has 3 aromatic rings. The quantitative estimate of drug-likeness (QED) is 0.634. The molecule has 8 nitrogen and oxygen atoms in total. The number of hydrogen-bond acceptors (Lipinski definition) is 6. The van der Waals surface area contributed by atoms with Crippen LogP contribution in [0.3, 0.4) is 0 Å². The van der Waals surface area contributed by atoms with Crippen LogP contribution in [-0.4, -0.2) is 36.4 Å². The molecular formula is C16H17FN4O4S2. The summed E-state index contributed by atoms with van der Waals surface area (Å²) in [5.74, 6) is -0.166. The van der Waals surface area contributed by atoms with Gasteiger partial charge in [0, 0.05) is 13.6 Å². The summed E-state index contributed by atoms with van der Waals surface area (Å²) in [6.07, 6.45) is 0. The molecule has 27 heavy (non-hydrogen) atoms. The number of aromatic nitrogens is 3. The second-order valence-electron chi connectivity index (χ2n) is 5.56. The van der Waals surface area contributed by atoms with Crippen molar-refractivity contribution < 1.29 is 17.5 Å². The summed E-state index contributed by atoms with van der Waals surface area (Å²) in [4.78, 5) is 12.8. The third kappa shape index (κ3) is 3.94. The third-order valence-corrected chi connectivity index (χ3v) is 6.16. The van der Waals surface area contributed by atoms with Crippen LogP contribution in [0.25, 0.3) is 10.7 Å². The molecule has 0 bridgehead atoms. The van der Waals surface area contributed by atoms with E-state index in [4.69, 9.17) is 4.74 Å². The normalized spacial score (nSPS) is 11.7. The van der Waals surface area contributed by atoms with Crippen LogP contribution in [0.2, 0.25) is 0 Å². The molecule has 1 N–H and O–H groups in total. The van der Waals surface area contributed by atoms with Crippen molar-refractivity contribution in [3.63, 3.8) is 0 Å². The predicted molar refractivity (Wildman–Crippen MR) is 98.9 cm³/mol. The Morgan fingerprint density at radius 3 is 2.78 bits per heavy atom. The maximum absolute atomic E-state index is 13.4. The molecule has 11 heteroatoms. The zero-order valence-corrected chi connectivity index (χ0v) is 16.2. The van der Waals surface area contributed by atoms with Gasteiger partial charge >= 0.3 is 5.69 Å². The van der Waals surface area contributed by atoms with Crippen molar-refractivity contribution in [2.45, 2.75) is 11.4 Å². The number of halogens is 1. The lowest BCUT2D eigenvalue weighted by Crippen LogP contribution is -2.32. The van der Waals surface area contributed by atoms with Crippen molar-refractivity contribution in [1.29, 1.82) is 0 Å². The molecule has 0 saturated carbocycles. The van der Waals surface area contributed by atoms with E-state index in [0.29, 0.717) is 5.82 Å². The van der Waals surface area contributed by atoms with Crippen molar-refractivity contribution in [1.82, 2.24) is 19.1 Å². The van der Waals surface area contributed by atoms with Gasteiger partial charge in [-0.15, -0.1) is 16.4 Å². The van der Waals surface area contributed by atoms with Gasteiger partial charge < -0.3 is 4.74 Å². The summed E-state index contributed by atoms with van der Waals surface area (Å²) in [5.41, 5.74) is -0.360. The molecule has 0 spiro atoms. The van der Waals surface area contributed by atoms with Crippen LogP contribution in [0.1, 0.15) is 0 Å². The number of rotatable bonds is 7. The van der Waals surface area contributed by atoms with E-state index in [1.165, 1.54) is 33.8 Å². The second-order valence-corrected chi connectivity index (χ2v) is 8.24. The molecule has 0 atom stereocenters. The maximum Gasteiger partial charge on any atom is 0.345 e. The van der Waals surface area contributed by atoms with Gasteiger partial charge in [0.25, 0.3) is 0 Å². The minimum atomic E-state index is -4.02. The van der Waals surface area contributed by atoms with Crippen molar-refractivity contribution >= 4 is 21.4 Å². The Kier molecular flexibility index (Phi) is 5.44. The standard InChI is InChI=1S/C16H17FN4O4S2/c1-20-15(13-4-3-9-26-13)19-21(16(20)22)8-7-18-27(23,24)14-10-11(17)5-6-12(14)25-2/h3-6,9-10,18H,7-8H2,1-2H3. The van der Waals surface area contributed by atoms with Crippen LogP contribution in [-0.2, 0) is 23.6 Å². The lowest BCUT2D eigenvalue weighted by atomic mass is 10.3. The zero-order valence-electron chi connectivity index (χ0n) is 14.5. The Balaban J connectivity index is 1.76. The van der Waals surface area contributed by atoms with Crippen molar-refractivity contribution in [2.24, 2.45) is 7.05 Å². The van der Waals surface area contributed by atoms with E-state index in [1.807, 2.05) is 17.5 Å². The molecule has 0 aliphatic rings. The van der Waals surface area contributed by atoms with Crippen LogP contribution in [0.15, 0.2) is 45.4 Å². The number of nitrogens with one attached hydrogen (secondary N) is 1. The molecule has 0 fully saturated rings. The molecule has 2 aromatic heterocycles. The van der Waals surface area contributed by atoms with Gasteiger partial charge in [0.1, 0.15) is 16.5 Å². The van der Waals surface area contributed by atoms with E-state index >= 15 is 0 Å². The zero-order chi connectivity index (χ0) is 19.6. The van der Waals surface area contributed by atoms with E-state index in [0.717, 1.165) is 17.0 Å². The van der Waals surface area contributed by atoms with Gasteiger partial charge in [-0.1, -0.05) is 6.07 Å². The van der Waals surface area contributed by atoms with Crippen LogP contribution in [0.4, 0.5) is 4.39 Å². The molecular weight excluding hydrogens is 395 g/mol. The highest BCUT2D eigenvalue weighted by Gasteiger charge is 2.20. The minimum absolute atomic E-state index is 0.0227. The average Bonchev–Trinajstić information content (AvgIpc) is 3.25. The van der Waals surface area contributed by atoms with Gasteiger partial charge in [-0.3, -0.25) is 4.57 Å². The second kappa shape index (κ2) is 7.62. The SMILES string of the molecule is COc1ccc(F)cc1S(=O)(=O)NCCn1nc(-c2cccs2)n(C)c1=O. The lowest BCUT2D eigenvalue weighted by molar-refractivity contribution is 0.400. The fourth-order valence-corrected chi connectivity index (χ4v) is 4.42. The van der Waals surface area contributed by atoms with Crippen molar-refractivity contribution in [3.05, 3.63) is 52.0 Å². The highest BCUT2D eigenvalue weighted by Crippen LogP contribution is 2.24. The highest BCUT2D eigenvalue weighted by atomic mass is 32.2. The van der Waals surface area contributed by atoms with Gasteiger partial charge in [0.2, 0.25) is 10.0 Å². The molecule has 0 aliphatic carbocycles. The van der Waals surface area contributed by atoms with Gasteiger partial charge in [0.05, 0.1) is 18.5 Å². The Bertz CT molecular complexity index is 1100. The Morgan fingerprint density at radius 2 is 2.11 bits per heavy atom. The molecule has 1 aromatic carbocycles. The van der Waals surface area contributed by atoms with Gasteiger partial charge in [0.15, 0.2) is 5.82 Å². The molecule has 0 saturated heterocycles. The van der Waals surface area contributed by atoms with Gasteiger partial charge in [-0.05, 0) is 29.6 Å². The summed E-state index contributed by atoms with van der Waals surface area (Å²) in [5, 5.41) is 6.12. The largest absolute Gasteiger partial charge is 0.495 e. The Labute approximate surface area is 158 Å². The van der Waals surface area contributed by atoms with Crippen LogP contribution >= 0.6 is 11.3 Å². The van der Waals surface area contributed by atoms with Gasteiger partial charge in [-0.2, -0.15) is 0 Å².